The molecule has 1 aliphatic rings. The number of nitro benzene ring substituents is 1. The summed E-state index contributed by atoms with van der Waals surface area (Å²) in [5.41, 5.74) is 0.982. The van der Waals surface area contributed by atoms with E-state index >= 15 is 0 Å². The molecule has 3 aromatic rings. The quantitative estimate of drug-likeness (QED) is 0.177. The number of rotatable bonds is 6. The summed E-state index contributed by atoms with van der Waals surface area (Å²) in [6.07, 6.45) is 1.59. The number of benzene rings is 2. The molecule has 0 unspecified atom stereocenters. The van der Waals surface area contributed by atoms with Gasteiger partial charge in [0, 0.05) is 12.1 Å². The summed E-state index contributed by atoms with van der Waals surface area (Å²) >= 11 is 12.7. The Morgan fingerprint density at radius 1 is 1.12 bits per heavy atom. The number of non-ortho nitro benzene ring substituents is 1. The molecule has 0 aliphatic carbocycles. The molecule has 1 saturated heterocycles. The smallest absolute Gasteiger partial charge is 0.273 e. The zero-order chi connectivity index (χ0) is 23.7. The molecule has 0 radical (unpaired) electrons. The van der Waals surface area contributed by atoms with Crippen LogP contribution in [0.2, 0.25) is 5.02 Å². The third-order valence-corrected chi connectivity index (χ3v) is 6.35. The molecule has 33 heavy (non-hydrogen) atoms. The number of halogens is 1. The van der Waals surface area contributed by atoms with E-state index < -0.39 is 4.92 Å². The fourth-order valence-corrected chi connectivity index (χ4v) is 4.72. The number of ether oxygens (including phenoxy) is 2. The minimum atomic E-state index is -0.502. The van der Waals surface area contributed by atoms with Crippen molar-refractivity contribution in [3.63, 3.8) is 0 Å². The summed E-state index contributed by atoms with van der Waals surface area (Å²) in [6.45, 7) is 0. The van der Waals surface area contributed by atoms with Gasteiger partial charge < -0.3 is 13.9 Å². The summed E-state index contributed by atoms with van der Waals surface area (Å²) in [7, 11) is 2.93. The van der Waals surface area contributed by atoms with Crippen molar-refractivity contribution in [2.24, 2.45) is 0 Å². The van der Waals surface area contributed by atoms with Crippen LogP contribution in [0.15, 0.2) is 57.9 Å². The highest BCUT2D eigenvalue weighted by atomic mass is 35.5. The second kappa shape index (κ2) is 9.26. The molecule has 1 aliphatic heterocycles. The number of thioether (sulfide) groups is 1. The molecule has 0 atom stereocenters. The molecule has 1 fully saturated rings. The van der Waals surface area contributed by atoms with E-state index in [0.29, 0.717) is 48.5 Å². The van der Waals surface area contributed by atoms with Gasteiger partial charge in [0.15, 0.2) is 4.32 Å². The molecule has 168 valence electrons. The predicted molar refractivity (Wildman–Crippen MR) is 131 cm³/mol. The molecule has 1 amide bonds. The molecule has 2 aromatic carbocycles. The van der Waals surface area contributed by atoms with Crippen molar-refractivity contribution in [1.29, 1.82) is 0 Å². The lowest BCUT2D eigenvalue weighted by atomic mass is 10.1. The Morgan fingerprint density at radius 3 is 2.55 bits per heavy atom. The fourth-order valence-electron chi connectivity index (χ4n) is 3.19. The first-order valence-electron chi connectivity index (χ1n) is 9.36. The van der Waals surface area contributed by atoms with Gasteiger partial charge in [0.2, 0.25) is 0 Å². The number of furan rings is 1. The Balaban J connectivity index is 1.61. The van der Waals surface area contributed by atoms with Crippen molar-refractivity contribution in [1.82, 2.24) is 0 Å². The average Bonchev–Trinajstić information content (AvgIpc) is 3.37. The van der Waals surface area contributed by atoms with Crippen molar-refractivity contribution in [2.75, 3.05) is 19.1 Å². The van der Waals surface area contributed by atoms with Gasteiger partial charge in [0.1, 0.15) is 23.0 Å². The minimum absolute atomic E-state index is 0.0929. The molecule has 0 bridgehead atoms. The molecule has 4 rings (SSSR count). The van der Waals surface area contributed by atoms with Crippen LogP contribution in [-0.4, -0.2) is 29.4 Å². The molecule has 11 heteroatoms. The summed E-state index contributed by atoms with van der Waals surface area (Å²) < 4.78 is 16.6. The van der Waals surface area contributed by atoms with Crippen LogP contribution in [-0.2, 0) is 4.79 Å². The second-order valence-electron chi connectivity index (χ2n) is 6.68. The maximum atomic E-state index is 13.0. The number of hydrogen-bond donors (Lipinski definition) is 0. The molecule has 0 saturated carbocycles. The zero-order valence-electron chi connectivity index (χ0n) is 17.2. The second-order valence-corrected chi connectivity index (χ2v) is 8.76. The van der Waals surface area contributed by atoms with Crippen LogP contribution < -0.4 is 14.4 Å². The van der Waals surface area contributed by atoms with Crippen LogP contribution in [0, 0.1) is 10.1 Å². The molecular formula is C22H15ClN2O6S2. The Bertz CT molecular complexity index is 1320. The minimum Gasteiger partial charge on any atom is -0.496 e. The summed E-state index contributed by atoms with van der Waals surface area (Å²) in [6, 6.07) is 12.6. The number of hydrogen-bond acceptors (Lipinski definition) is 8. The molecule has 1 aromatic heterocycles. The summed E-state index contributed by atoms with van der Waals surface area (Å²) in [4.78, 5) is 25.3. The number of nitrogens with zero attached hydrogens (tertiary/aromatic N) is 2. The van der Waals surface area contributed by atoms with Crippen LogP contribution >= 0.6 is 35.6 Å². The van der Waals surface area contributed by atoms with Gasteiger partial charge >= 0.3 is 0 Å². The van der Waals surface area contributed by atoms with Gasteiger partial charge in [0.25, 0.3) is 11.6 Å². The Morgan fingerprint density at radius 2 is 1.88 bits per heavy atom. The highest BCUT2D eigenvalue weighted by Crippen LogP contribution is 2.39. The lowest BCUT2D eigenvalue weighted by Gasteiger charge is -2.15. The van der Waals surface area contributed by atoms with E-state index in [1.807, 2.05) is 0 Å². The molecule has 0 N–H and O–H groups in total. The van der Waals surface area contributed by atoms with Crippen molar-refractivity contribution >= 4 is 63.3 Å². The van der Waals surface area contributed by atoms with Crippen LogP contribution in [0.1, 0.15) is 5.76 Å². The van der Waals surface area contributed by atoms with E-state index in [4.69, 9.17) is 37.7 Å². The normalized spacial score (nSPS) is 14.8. The van der Waals surface area contributed by atoms with Gasteiger partial charge in [0.05, 0.1) is 46.4 Å². The number of methoxy groups -OCH3 is 2. The van der Waals surface area contributed by atoms with Crippen LogP contribution in [0.4, 0.5) is 11.4 Å². The first-order valence-corrected chi connectivity index (χ1v) is 11.0. The van der Waals surface area contributed by atoms with Crippen LogP contribution in [0.25, 0.3) is 17.4 Å². The Hall–Kier alpha value is -3.34. The zero-order valence-corrected chi connectivity index (χ0v) is 19.6. The van der Waals surface area contributed by atoms with Gasteiger partial charge in [-0.25, -0.2) is 0 Å². The van der Waals surface area contributed by atoms with Crippen molar-refractivity contribution in [3.8, 4) is 22.8 Å². The molecule has 2 heterocycles. The first kappa shape index (κ1) is 22.8. The Labute approximate surface area is 202 Å². The largest absolute Gasteiger partial charge is 0.496 e. The van der Waals surface area contributed by atoms with Crippen LogP contribution in [0.5, 0.6) is 11.5 Å². The predicted octanol–water partition coefficient (Wildman–Crippen LogP) is 5.93. The third-order valence-electron chi connectivity index (χ3n) is 4.75. The monoisotopic (exact) mass is 502 g/mol. The van der Waals surface area contributed by atoms with Crippen molar-refractivity contribution < 1.29 is 23.6 Å². The van der Waals surface area contributed by atoms with E-state index in [0.717, 1.165) is 11.8 Å². The first-order chi connectivity index (χ1) is 15.8. The van der Waals surface area contributed by atoms with E-state index in [1.165, 1.54) is 31.3 Å². The summed E-state index contributed by atoms with van der Waals surface area (Å²) in [5.74, 6) is 1.33. The maximum absolute atomic E-state index is 13.0. The van der Waals surface area contributed by atoms with E-state index in [2.05, 4.69) is 0 Å². The molecule has 8 nitrogen and oxygen atoms in total. The molecular weight excluding hydrogens is 488 g/mol. The van der Waals surface area contributed by atoms with E-state index in [9.17, 15) is 14.9 Å². The topological polar surface area (TPSA) is 95.0 Å². The number of nitro groups is 1. The Kier molecular flexibility index (Phi) is 6.41. The van der Waals surface area contributed by atoms with E-state index in [1.54, 1.807) is 42.5 Å². The number of anilines is 1. The van der Waals surface area contributed by atoms with Gasteiger partial charge in [-0.2, -0.15) is 0 Å². The van der Waals surface area contributed by atoms with Crippen molar-refractivity contribution in [2.45, 2.75) is 0 Å². The highest BCUT2D eigenvalue weighted by Gasteiger charge is 2.34. The number of carbonyl (C=O) groups excluding carboxylic acids is 1. The SMILES string of the molecule is COc1ccc(N2C(=O)/C(=C\c3ccc(-c4ccc([N+](=O)[O-])cc4OC)o3)SC2=S)cc1Cl. The van der Waals surface area contributed by atoms with Crippen LogP contribution in [0.3, 0.4) is 0 Å². The lowest BCUT2D eigenvalue weighted by Crippen LogP contribution is -2.27. The maximum Gasteiger partial charge on any atom is 0.273 e. The number of carbonyl (C=O) groups is 1. The van der Waals surface area contributed by atoms with Gasteiger partial charge in [-0.1, -0.05) is 35.6 Å². The lowest BCUT2D eigenvalue weighted by molar-refractivity contribution is -0.384. The van der Waals surface area contributed by atoms with Gasteiger partial charge in [-0.05, 0) is 36.4 Å². The number of amides is 1. The standard InChI is InChI=1S/C22H15ClN2O6S2/c1-29-18-7-4-12(9-16(18)23)24-21(26)20(33-22(24)32)11-14-5-8-17(31-14)15-6-3-13(25(27)28)10-19(15)30-2/h3-11H,1-2H3/b20-11+. The van der Waals surface area contributed by atoms with Gasteiger partial charge in [-0.3, -0.25) is 19.8 Å². The van der Waals surface area contributed by atoms with E-state index in [-0.39, 0.29) is 11.6 Å². The number of thiocarbonyl (C=S) groups is 1. The fraction of sp³-hybridized carbons (Fsp3) is 0.0909. The van der Waals surface area contributed by atoms with Gasteiger partial charge in [-0.15, -0.1) is 0 Å². The highest BCUT2D eigenvalue weighted by molar-refractivity contribution is 8.27. The average molecular weight is 503 g/mol. The summed E-state index contributed by atoms with van der Waals surface area (Å²) in [5, 5.41) is 11.4. The molecule has 0 spiro atoms. The van der Waals surface area contributed by atoms with Crippen molar-refractivity contribution in [3.05, 3.63) is 74.3 Å². The third kappa shape index (κ3) is 4.45.